The Morgan fingerprint density at radius 3 is 3.06 bits per heavy atom. The molecule has 0 aromatic carbocycles. The monoisotopic (exact) mass is 222 g/mol. The third-order valence-corrected chi connectivity index (χ3v) is 3.21. The van der Waals surface area contributed by atoms with Crippen molar-refractivity contribution in [3.8, 4) is 0 Å². The van der Waals surface area contributed by atoms with Crippen molar-refractivity contribution in [3.63, 3.8) is 0 Å². The number of rotatable bonds is 4. The highest BCUT2D eigenvalue weighted by molar-refractivity contribution is 5.82. The fraction of sp³-hybridized carbons (Fsp3) is 0.667. The molecule has 1 aliphatic rings. The molecule has 0 N–H and O–H groups in total. The van der Waals surface area contributed by atoms with Gasteiger partial charge in [-0.3, -0.25) is 9.48 Å². The average molecular weight is 222 g/mol. The molecule has 0 saturated carbocycles. The van der Waals surface area contributed by atoms with Crippen molar-refractivity contribution in [2.45, 2.75) is 32.3 Å². The van der Waals surface area contributed by atoms with Gasteiger partial charge in [0.1, 0.15) is 5.78 Å². The molecular formula is C12H18N2O2. The lowest BCUT2D eigenvalue weighted by Gasteiger charge is -2.11. The summed E-state index contributed by atoms with van der Waals surface area (Å²) in [6, 6.07) is 0. The molecule has 16 heavy (non-hydrogen) atoms. The maximum Gasteiger partial charge on any atom is 0.138 e. The zero-order chi connectivity index (χ0) is 11.5. The van der Waals surface area contributed by atoms with Gasteiger partial charge in [0.15, 0.2) is 0 Å². The van der Waals surface area contributed by atoms with E-state index in [2.05, 4.69) is 5.10 Å². The molecule has 0 spiro atoms. The second-order valence-electron chi connectivity index (χ2n) is 4.46. The Kier molecular flexibility index (Phi) is 3.39. The molecule has 1 aliphatic heterocycles. The van der Waals surface area contributed by atoms with E-state index in [4.69, 9.17) is 4.74 Å². The van der Waals surface area contributed by atoms with Crippen LogP contribution in [0.1, 0.15) is 25.3 Å². The number of nitrogens with zero attached hydrogens (tertiary/aromatic N) is 2. The number of ether oxygens (including phenoxy) is 1. The quantitative estimate of drug-likeness (QED) is 0.772. The van der Waals surface area contributed by atoms with Crippen molar-refractivity contribution in [1.29, 1.82) is 0 Å². The second-order valence-corrected chi connectivity index (χ2v) is 4.46. The van der Waals surface area contributed by atoms with Crippen LogP contribution in [0.3, 0.4) is 0 Å². The lowest BCUT2D eigenvalue weighted by molar-refractivity contribution is -0.124. The van der Waals surface area contributed by atoms with Crippen LogP contribution in [0, 0.1) is 5.92 Å². The molecule has 1 saturated heterocycles. The first kappa shape index (κ1) is 11.3. The number of hydrogen-bond acceptors (Lipinski definition) is 3. The fourth-order valence-electron chi connectivity index (χ4n) is 2.21. The number of ketones is 1. The predicted octanol–water partition coefficient (Wildman–Crippen LogP) is 1.35. The topological polar surface area (TPSA) is 44.1 Å². The first-order valence-electron chi connectivity index (χ1n) is 5.78. The SMILES string of the molecule is CC1OCCC1C(=O)CCc1cnn(C)c1. The van der Waals surface area contributed by atoms with E-state index in [0.29, 0.717) is 12.2 Å². The van der Waals surface area contributed by atoms with Crippen LogP contribution in [0.4, 0.5) is 0 Å². The highest BCUT2D eigenvalue weighted by Crippen LogP contribution is 2.23. The van der Waals surface area contributed by atoms with Crippen molar-refractivity contribution >= 4 is 5.78 Å². The van der Waals surface area contributed by atoms with Crippen LogP contribution in [-0.2, 0) is 23.0 Å². The Morgan fingerprint density at radius 2 is 2.50 bits per heavy atom. The molecule has 0 amide bonds. The number of carbonyl (C=O) groups is 1. The predicted molar refractivity (Wildman–Crippen MR) is 60.1 cm³/mol. The molecule has 1 aromatic heterocycles. The van der Waals surface area contributed by atoms with Crippen LogP contribution < -0.4 is 0 Å². The molecule has 2 unspecified atom stereocenters. The summed E-state index contributed by atoms with van der Waals surface area (Å²) in [5.74, 6) is 0.436. The maximum atomic E-state index is 11.9. The standard InChI is InChI=1S/C12H18N2O2/c1-9-11(5-6-16-9)12(15)4-3-10-7-13-14(2)8-10/h7-9,11H,3-6H2,1-2H3. The lowest BCUT2D eigenvalue weighted by atomic mass is 9.94. The number of hydrogen-bond donors (Lipinski definition) is 0. The minimum absolute atomic E-state index is 0.0985. The Bertz CT molecular complexity index is 373. The first-order chi connectivity index (χ1) is 7.66. The van der Waals surface area contributed by atoms with Gasteiger partial charge in [-0.15, -0.1) is 0 Å². The number of carbonyl (C=O) groups excluding carboxylic acids is 1. The van der Waals surface area contributed by atoms with Gasteiger partial charge in [-0.1, -0.05) is 0 Å². The highest BCUT2D eigenvalue weighted by atomic mass is 16.5. The molecule has 1 fully saturated rings. The summed E-state index contributed by atoms with van der Waals surface area (Å²) in [4.78, 5) is 11.9. The Morgan fingerprint density at radius 1 is 1.69 bits per heavy atom. The Balaban J connectivity index is 1.83. The summed E-state index contributed by atoms with van der Waals surface area (Å²) in [6.45, 7) is 2.71. The van der Waals surface area contributed by atoms with Crippen LogP contribution in [0.5, 0.6) is 0 Å². The molecule has 2 heterocycles. The summed E-state index contributed by atoms with van der Waals surface area (Å²) in [5, 5.41) is 4.09. The minimum Gasteiger partial charge on any atom is -0.378 e. The third-order valence-electron chi connectivity index (χ3n) is 3.21. The van der Waals surface area contributed by atoms with E-state index in [1.165, 1.54) is 0 Å². The summed E-state index contributed by atoms with van der Waals surface area (Å²) >= 11 is 0. The minimum atomic E-state index is 0.0985. The zero-order valence-electron chi connectivity index (χ0n) is 9.85. The number of aromatic nitrogens is 2. The molecule has 0 bridgehead atoms. The largest absolute Gasteiger partial charge is 0.378 e. The van der Waals surface area contributed by atoms with Crippen molar-refractivity contribution in [3.05, 3.63) is 18.0 Å². The van der Waals surface area contributed by atoms with Crippen molar-refractivity contribution < 1.29 is 9.53 Å². The zero-order valence-corrected chi connectivity index (χ0v) is 9.85. The molecule has 4 heteroatoms. The van der Waals surface area contributed by atoms with Gasteiger partial charge in [0, 0.05) is 32.2 Å². The Hall–Kier alpha value is -1.16. The number of Topliss-reactive ketones (excluding diaryl/α,β-unsaturated/α-hetero) is 1. The summed E-state index contributed by atoms with van der Waals surface area (Å²) in [7, 11) is 1.89. The van der Waals surface area contributed by atoms with Crippen LogP contribution >= 0.6 is 0 Å². The molecule has 0 aliphatic carbocycles. The van der Waals surface area contributed by atoms with Gasteiger partial charge in [-0.2, -0.15) is 5.10 Å². The molecular weight excluding hydrogens is 204 g/mol. The van der Waals surface area contributed by atoms with E-state index in [9.17, 15) is 4.79 Å². The summed E-state index contributed by atoms with van der Waals surface area (Å²) < 4.78 is 7.17. The molecule has 88 valence electrons. The second kappa shape index (κ2) is 4.78. The van der Waals surface area contributed by atoms with Crippen molar-refractivity contribution in [1.82, 2.24) is 9.78 Å². The van der Waals surface area contributed by atoms with Crippen LogP contribution in [0.2, 0.25) is 0 Å². The summed E-state index contributed by atoms with van der Waals surface area (Å²) in [5.41, 5.74) is 1.13. The van der Waals surface area contributed by atoms with Gasteiger partial charge in [-0.25, -0.2) is 0 Å². The van der Waals surface area contributed by atoms with E-state index in [1.54, 1.807) is 4.68 Å². The average Bonchev–Trinajstić information content (AvgIpc) is 2.84. The van der Waals surface area contributed by atoms with Crippen LogP contribution in [-0.4, -0.2) is 28.3 Å². The molecule has 0 radical (unpaired) electrons. The van der Waals surface area contributed by atoms with Gasteiger partial charge in [0.25, 0.3) is 0 Å². The highest BCUT2D eigenvalue weighted by Gasteiger charge is 2.29. The van der Waals surface area contributed by atoms with Gasteiger partial charge in [-0.05, 0) is 25.3 Å². The van der Waals surface area contributed by atoms with E-state index in [1.807, 2.05) is 26.4 Å². The third kappa shape index (κ3) is 2.50. The van der Waals surface area contributed by atoms with Crippen LogP contribution in [0.25, 0.3) is 0 Å². The lowest BCUT2D eigenvalue weighted by Crippen LogP contribution is -2.21. The van der Waals surface area contributed by atoms with Gasteiger partial charge < -0.3 is 4.74 Å². The molecule has 1 aromatic rings. The smallest absolute Gasteiger partial charge is 0.138 e. The fourth-order valence-corrected chi connectivity index (χ4v) is 2.21. The van der Waals surface area contributed by atoms with Gasteiger partial charge in [0.05, 0.1) is 12.3 Å². The summed E-state index contributed by atoms with van der Waals surface area (Å²) in [6.07, 6.45) is 6.15. The van der Waals surface area contributed by atoms with E-state index < -0.39 is 0 Å². The van der Waals surface area contributed by atoms with Gasteiger partial charge >= 0.3 is 0 Å². The molecule has 4 nitrogen and oxygen atoms in total. The van der Waals surface area contributed by atoms with Gasteiger partial charge in [0.2, 0.25) is 0 Å². The normalized spacial score (nSPS) is 24.9. The van der Waals surface area contributed by atoms with E-state index in [0.717, 1.165) is 25.0 Å². The molecule has 2 atom stereocenters. The number of aryl methyl sites for hydroxylation is 2. The first-order valence-corrected chi connectivity index (χ1v) is 5.78. The maximum absolute atomic E-state index is 11.9. The van der Waals surface area contributed by atoms with Crippen LogP contribution in [0.15, 0.2) is 12.4 Å². The molecule has 2 rings (SSSR count). The van der Waals surface area contributed by atoms with Crippen molar-refractivity contribution in [2.24, 2.45) is 13.0 Å². The van der Waals surface area contributed by atoms with E-state index >= 15 is 0 Å². The van der Waals surface area contributed by atoms with E-state index in [-0.39, 0.29) is 12.0 Å². The van der Waals surface area contributed by atoms with Crippen molar-refractivity contribution in [2.75, 3.05) is 6.61 Å². The Labute approximate surface area is 95.6 Å².